The van der Waals surface area contributed by atoms with Crippen LogP contribution in [-0.2, 0) is 9.59 Å². The van der Waals surface area contributed by atoms with Gasteiger partial charge in [0.15, 0.2) is 0 Å². The number of ether oxygens (including phenoxy) is 1. The lowest BCUT2D eigenvalue weighted by Crippen LogP contribution is -2.36. The van der Waals surface area contributed by atoms with Crippen molar-refractivity contribution in [3.05, 3.63) is 62.0 Å². The maximum atomic E-state index is 12.6. The lowest BCUT2D eigenvalue weighted by Gasteiger charge is -2.12. The van der Waals surface area contributed by atoms with Gasteiger partial charge in [0.1, 0.15) is 12.3 Å². The number of nitrogens with one attached hydrogen (secondary N) is 1. The Morgan fingerprint density at radius 2 is 2.00 bits per heavy atom. The smallest absolute Gasteiger partial charge is 0.312 e. The standard InChI is InChI=1S/C19H14ClN3O7S/c1-30-13-4-2-12(3-5-13)21-16(24)9-22-18(26)15(31-19(22)27)7-10-6-11(20)8-14(17(10)25)23(28)29/h2-8,25H,9H2,1H3,(H,21,24)/b15-7+. The Hall–Kier alpha value is -3.57. The molecule has 0 spiro atoms. The predicted molar refractivity (Wildman–Crippen MR) is 114 cm³/mol. The molecule has 3 rings (SSSR count). The molecule has 1 aliphatic rings. The van der Waals surface area contributed by atoms with Gasteiger partial charge in [0.05, 0.1) is 16.9 Å². The minimum absolute atomic E-state index is 0.0335. The summed E-state index contributed by atoms with van der Waals surface area (Å²) in [5.74, 6) is -1.48. The number of benzene rings is 2. The fourth-order valence-corrected chi connectivity index (χ4v) is 3.70. The second kappa shape index (κ2) is 9.06. The van der Waals surface area contributed by atoms with Crippen LogP contribution in [0.3, 0.4) is 0 Å². The fourth-order valence-electron chi connectivity index (χ4n) is 2.65. The van der Waals surface area contributed by atoms with Gasteiger partial charge in [0, 0.05) is 22.3 Å². The number of aromatic hydroxyl groups is 1. The van der Waals surface area contributed by atoms with Crippen molar-refractivity contribution in [3.63, 3.8) is 0 Å². The summed E-state index contributed by atoms with van der Waals surface area (Å²) in [6.45, 7) is -0.532. The molecule has 0 bridgehead atoms. The number of phenols is 1. The SMILES string of the molecule is COc1ccc(NC(=O)CN2C(=O)S/C(=C/c3cc(Cl)cc([N+](=O)[O-])c3O)C2=O)cc1. The predicted octanol–water partition coefficient (Wildman–Crippen LogP) is 3.64. The third-order valence-electron chi connectivity index (χ3n) is 4.12. The number of halogens is 1. The molecule has 1 heterocycles. The maximum Gasteiger partial charge on any atom is 0.312 e. The van der Waals surface area contributed by atoms with Crippen LogP contribution in [0.5, 0.6) is 11.5 Å². The number of carbonyl (C=O) groups excluding carboxylic acids is 3. The van der Waals surface area contributed by atoms with Crippen molar-refractivity contribution in [3.8, 4) is 11.5 Å². The van der Waals surface area contributed by atoms with Gasteiger partial charge in [-0.25, -0.2) is 0 Å². The van der Waals surface area contributed by atoms with Crippen LogP contribution in [0.1, 0.15) is 5.56 Å². The first kappa shape index (κ1) is 22.1. The number of imide groups is 1. The Bertz CT molecular complexity index is 1120. The van der Waals surface area contributed by atoms with Gasteiger partial charge < -0.3 is 15.2 Å². The highest BCUT2D eigenvalue weighted by molar-refractivity contribution is 8.18. The van der Waals surface area contributed by atoms with Gasteiger partial charge in [-0.2, -0.15) is 0 Å². The van der Waals surface area contributed by atoms with E-state index in [1.54, 1.807) is 24.3 Å². The number of hydrogen-bond acceptors (Lipinski definition) is 8. The van der Waals surface area contributed by atoms with Crippen LogP contribution in [0.4, 0.5) is 16.2 Å². The van der Waals surface area contributed by atoms with Gasteiger partial charge in [0.25, 0.3) is 11.1 Å². The molecule has 0 saturated carbocycles. The van der Waals surface area contributed by atoms with Crippen molar-refractivity contribution in [2.45, 2.75) is 0 Å². The van der Waals surface area contributed by atoms with Crippen LogP contribution in [0.15, 0.2) is 41.3 Å². The normalized spacial score (nSPS) is 14.8. The first-order chi connectivity index (χ1) is 14.7. The van der Waals surface area contributed by atoms with Crippen LogP contribution in [0.2, 0.25) is 5.02 Å². The number of nitro groups is 1. The van der Waals surface area contributed by atoms with E-state index in [2.05, 4.69) is 5.32 Å². The highest BCUT2D eigenvalue weighted by atomic mass is 35.5. The van der Waals surface area contributed by atoms with Crippen LogP contribution >= 0.6 is 23.4 Å². The van der Waals surface area contributed by atoms with E-state index < -0.39 is 40.0 Å². The van der Waals surface area contributed by atoms with Crippen molar-refractivity contribution in [1.82, 2.24) is 4.90 Å². The van der Waals surface area contributed by atoms with Crippen molar-refractivity contribution in [1.29, 1.82) is 0 Å². The first-order valence-electron chi connectivity index (χ1n) is 8.55. The summed E-state index contributed by atoms with van der Waals surface area (Å²) in [7, 11) is 1.50. The Labute approximate surface area is 184 Å². The molecule has 10 nitrogen and oxygen atoms in total. The molecule has 0 atom stereocenters. The second-order valence-electron chi connectivity index (χ2n) is 6.16. The Balaban J connectivity index is 1.76. The largest absolute Gasteiger partial charge is 0.502 e. The molecule has 2 aromatic carbocycles. The zero-order valence-electron chi connectivity index (χ0n) is 15.8. The number of rotatable bonds is 6. The number of carbonyl (C=O) groups is 3. The van der Waals surface area contributed by atoms with E-state index in [1.807, 2.05) is 0 Å². The molecule has 0 aliphatic carbocycles. The molecular formula is C19H14ClN3O7S. The third-order valence-corrected chi connectivity index (χ3v) is 5.24. The molecule has 12 heteroatoms. The molecule has 2 aromatic rings. The molecule has 0 aromatic heterocycles. The number of nitrogens with zero attached hydrogens (tertiary/aromatic N) is 2. The van der Waals surface area contributed by atoms with Crippen molar-refractivity contribution in [2.75, 3.05) is 19.0 Å². The molecule has 160 valence electrons. The molecule has 31 heavy (non-hydrogen) atoms. The van der Waals surface area contributed by atoms with Crippen LogP contribution in [-0.4, -0.2) is 45.6 Å². The van der Waals surface area contributed by atoms with E-state index in [1.165, 1.54) is 13.2 Å². The van der Waals surface area contributed by atoms with E-state index in [9.17, 15) is 29.6 Å². The van der Waals surface area contributed by atoms with Crippen molar-refractivity contribution < 1.29 is 29.2 Å². The van der Waals surface area contributed by atoms with Gasteiger partial charge in [0.2, 0.25) is 11.7 Å². The summed E-state index contributed by atoms with van der Waals surface area (Å²) in [6.07, 6.45) is 1.11. The number of hydrogen-bond donors (Lipinski definition) is 2. The highest BCUT2D eigenvalue weighted by Crippen LogP contribution is 2.38. The monoisotopic (exact) mass is 463 g/mol. The Morgan fingerprint density at radius 1 is 1.32 bits per heavy atom. The summed E-state index contributed by atoms with van der Waals surface area (Å²) >= 11 is 6.37. The van der Waals surface area contributed by atoms with Crippen LogP contribution in [0.25, 0.3) is 6.08 Å². The van der Waals surface area contributed by atoms with Crippen molar-refractivity contribution in [2.24, 2.45) is 0 Å². The molecule has 3 amide bonds. The van der Waals surface area contributed by atoms with Gasteiger partial charge in [-0.1, -0.05) is 11.6 Å². The molecule has 0 unspecified atom stereocenters. The van der Waals surface area contributed by atoms with E-state index in [0.29, 0.717) is 23.2 Å². The van der Waals surface area contributed by atoms with Gasteiger partial charge in [-0.05, 0) is 48.2 Å². The summed E-state index contributed by atoms with van der Waals surface area (Å²) in [6, 6.07) is 8.64. The Kier molecular flexibility index (Phi) is 6.47. The van der Waals surface area contributed by atoms with Gasteiger partial charge >= 0.3 is 5.69 Å². The summed E-state index contributed by atoms with van der Waals surface area (Å²) in [5.41, 5.74) is -0.297. The molecule has 1 fully saturated rings. The number of amides is 3. The molecule has 1 saturated heterocycles. The average Bonchev–Trinajstić information content (AvgIpc) is 2.98. The lowest BCUT2D eigenvalue weighted by molar-refractivity contribution is -0.385. The minimum Gasteiger partial charge on any atom is -0.502 e. The summed E-state index contributed by atoms with van der Waals surface area (Å²) in [5, 5.41) is 22.9. The quantitative estimate of drug-likeness (QED) is 0.376. The molecule has 0 radical (unpaired) electrons. The number of nitro benzene ring substituents is 1. The summed E-state index contributed by atoms with van der Waals surface area (Å²) in [4.78, 5) is 47.8. The average molecular weight is 464 g/mol. The lowest BCUT2D eigenvalue weighted by atomic mass is 10.1. The number of anilines is 1. The van der Waals surface area contributed by atoms with Crippen molar-refractivity contribution >= 4 is 57.9 Å². The summed E-state index contributed by atoms with van der Waals surface area (Å²) < 4.78 is 5.02. The van der Waals surface area contributed by atoms with E-state index >= 15 is 0 Å². The van der Waals surface area contributed by atoms with Crippen LogP contribution in [0, 0.1) is 10.1 Å². The molecule has 1 aliphatic heterocycles. The minimum atomic E-state index is -0.826. The highest BCUT2D eigenvalue weighted by Gasteiger charge is 2.36. The molecule has 2 N–H and O–H groups in total. The Morgan fingerprint density at radius 3 is 2.61 bits per heavy atom. The first-order valence-corrected chi connectivity index (χ1v) is 9.75. The molecular weight excluding hydrogens is 450 g/mol. The number of thioether (sulfide) groups is 1. The van der Waals surface area contributed by atoms with E-state index in [0.717, 1.165) is 17.0 Å². The third kappa shape index (κ3) is 4.95. The number of methoxy groups -OCH3 is 1. The van der Waals surface area contributed by atoms with Gasteiger partial charge in [-0.15, -0.1) is 0 Å². The second-order valence-corrected chi connectivity index (χ2v) is 7.59. The van der Waals surface area contributed by atoms with E-state index in [4.69, 9.17) is 16.3 Å². The van der Waals surface area contributed by atoms with E-state index in [-0.39, 0.29) is 15.5 Å². The topological polar surface area (TPSA) is 139 Å². The zero-order valence-corrected chi connectivity index (χ0v) is 17.4. The zero-order chi connectivity index (χ0) is 22.7. The van der Waals surface area contributed by atoms with Gasteiger partial charge in [-0.3, -0.25) is 29.4 Å². The fraction of sp³-hybridized carbons (Fsp3) is 0.105. The number of phenolic OH excluding ortho intramolecular Hbond substituents is 1. The van der Waals surface area contributed by atoms with Crippen LogP contribution < -0.4 is 10.1 Å². The maximum absolute atomic E-state index is 12.6.